The molecule has 1 aliphatic heterocycles. The minimum Gasteiger partial charge on any atom is -0.361 e. The fourth-order valence-electron chi connectivity index (χ4n) is 4.78. The molecule has 118 valence electrons. The topological polar surface area (TPSA) is 49.7 Å². The number of benzene rings is 1. The summed E-state index contributed by atoms with van der Waals surface area (Å²) in [5, 5.41) is 5.76. The molecule has 5 nitrogen and oxygen atoms in total. The third-order valence-electron chi connectivity index (χ3n) is 5.72. The minimum atomic E-state index is 0.620. The summed E-state index contributed by atoms with van der Waals surface area (Å²) in [4.78, 5) is 10.1. The van der Waals surface area contributed by atoms with Crippen LogP contribution in [0.4, 0.5) is 0 Å². The largest absolute Gasteiger partial charge is 0.361 e. The number of H-pyrrole nitrogens is 1. The molecule has 1 aliphatic carbocycles. The Morgan fingerprint density at radius 3 is 3.17 bits per heavy atom. The lowest BCUT2D eigenvalue weighted by molar-refractivity contribution is 0.102. The van der Waals surface area contributed by atoms with Crippen LogP contribution in [0, 0.1) is 5.92 Å². The first kappa shape index (κ1) is 13.3. The zero-order chi connectivity index (χ0) is 15.4. The second-order valence-corrected chi connectivity index (χ2v) is 7.12. The SMILES string of the molecule is CN1CC(Cn2cncn2)CC2c3cccc4[nH]cc(c34)CC21. The summed E-state index contributed by atoms with van der Waals surface area (Å²) in [5.41, 5.74) is 4.31. The molecule has 1 N–H and O–H groups in total. The number of piperidine rings is 1. The number of nitrogens with zero attached hydrogens (tertiary/aromatic N) is 4. The fourth-order valence-corrected chi connectivity index (χ4v) is 4.78. The summed E-state index contributed by atoms with van der Waals surface area (Å²) >= 11 is 0. The minimum absolute atomic E-state index is 0.620. The van der Waals surface area contributed by atoms with Crippen molar-refractivity contribution in [2.45, 2.75) is 31.3 Å². The van der Waals surface area contributed by atoms with Crippen molar-refractivity contribution in [2.24, 2.45) is 5.92 Å². The highest BCUT2D eigenvalue weighted by Gasteiger charge is 2.39. The number of aromatic amines is 1. The van der Waals surface area contributed by atoms with Crippen molar-refractivity contribution < 1.29 is 0 Å². The van der Waals surface area contributed by atoms with Crippen LogP contribution in [0.15, 0.2) is 37.1 Å². The summed E-state index contributed by atoms with van der Waals surface area (Å²) in [6.45, 7) is 2.10. The normalized spacial score (nSPS) is 27.3. The predicted molar refractivity (Wildman–Crippen MR) is 89.3 cm³/mol. The van der Waals surface area contributed by atoms with Crippen LogP contribution in [0.1, 0.15) is 23.5 Å². The van der Waals surface area contributed by atoms with E-state index in [0.29, 0.717) is 17.9 Å². The summed E-state index contributed by atoms with van der Waals surface area (Å²) in [6.07, 6.45) is 8.06. The molecule has 0 amide bonds. The highest BCUT2D eigenvalue weighted by Crippen LogP contribution is 2.44. The van der Waals surface area contributed by atoms with Crippen LogP contribution in [0.25, 0.3) is 10.9 Å². The lowest BCUT2D eigenvalue weighted by Gasteiger charge is -2.45. The van der Waals surface area contributed by atoms with Gasteiger partial charge in [-0.3, -0.25) is 4.68 Å². The third kappa shape index (κ3) is 2.03. The summed E-state index contributed by atoms with van der Waals surface area (Å²) in [6, 6.07) is 7.35. The fraction of sp³-hybridized carbons (Fsp3) is 0.444. The van der Waals surface area contributed by atoms with Gasteiger partial charge >= 0.3 is 0 Å². The number of rotatable bonds is 2. The highest BCUT2D eigenvalue weighted by molar-refractivity contribution is 5.88. The monoisotopic (exact) mass is 307 g/mol. The Morgan fingerprint density at radius 2 is 2.30 bits per heavy atom. The molecule has 0 radical (unpaired) electrons. The van der Waals surface area contributed by atoms with E-state index < -0.39 is 0 Å². The van der Waals surface area contributed by atoms with Crippen molar-refractivity contribution >= 4 is 10.9 Å². The highest BCUT2D eigenvalue weighted by atomic mass is 15.3. The Bertz CT molecular complexity index is 834. The van der Waals surface area contributed by atoms with Crippen molar-refractivity contribution in [3.8, 4) is 0 Å². The number of fused-ring (bicyclic) bond motifs is 2. The molecule has 3 heterocycles. The third-order valence-corrected chi connectivity index (χ3v) is 5.72. The van der Waals surface area contributed by atoms with E-state index in [1.807, 2.05) is 11.0 Å². The van der Waals surface area contributed by atoms with E-state index in [0.717, 1.165) is 19.5 Å². The second kappa shape index (κ2) is 4.93. The molecular formula is C18H21N5. The van der Waals surface area contributed by atoms with Gasteiger partial charge in [-0.25, -0.2) is 4.98 Å². The molecule has 0 bridgehead atoms. The van der Waals surface area contributed by atoms with E-state index in [-0.39, 0.29) is 0 Å². The molecule has 1 fully saturated rings. The molecule has 0 spiro atoms. The maximum absolute atomic E-state index is 4.29. The average Bonchev–Trinajstić information content (AvgIpc) is 3.20. The van der Waals surface area contributed by atoms with Crippen LogP contribution in [-0.4, -0.2) is 44.3 Å². The number of nitrogens with one attached hydrogen (secondary N) is 1. The Labute approximate surface area is 135 Å². The van der Waals surface area contributed by atoms with Crippen LogP contribution >= 0.6 is 0 Å². The molecule has 1 saturated heterocycles. The van der Waals surface area contributed by atoms with Gasteiger partial charge in [0.2, 0.25) is 0 Å². The van der Waals surface area contributed by atoms with Crippen LogP contribution in [0.3, 0.4) is 0 Å². The maximum Gasteiger partial charge on any atom is 0.137 e. The lowest BCUT2D eigenvalue weighted by atomic mass is 9.72. The number of hydrogen-bond acceptors (Lipinski definition) is 3. The van der Waals surface area contributed by atoms with Crippen molar-refractivity contribution in [3.63, 3.8) is 0 Å². The molecule has 2 aromatic heterocycles. The van der Waals surface area contributed by atoms with Crippen molar-refractivity contribution in [1.82, 2.24) is 24.6 Å². The van der Waals surface area contributed by atoms with Gasteiger partial charge in [-0.15, -0.1) is 0 Å². The zero-order valence-electron chi connectivity index (χ0n) is 13.3. The van der Waals surface area contributed by atoms with E-state index in [9.17, 15) is 0 Å². The Morgan fingerprint density at radius 1 is 1.35 bits per heavy atom. The molecule has 5 heteroatoms. The number of likely N-dealkylation sites (tertiary alicyclic amines) is 1. The van der Waals surface area contributed by atoms with Gasteiger partial charge in [0.1, 0.15) is 12.7 Å². The number of aromatic nitrogens is 4. The van der Waals surface area contributed by atoms with Crippen LogP contribution < -0.4 is 0 Å². The molecular weight excluding hydrogens is 286 g/mol. The molecule has 1 aromatic carbocycles. The Kier molecular flexibility index (Phi) is 2.85. The number of likely N-dealkylation sites (N-methyl/N-ethyl adjacent to an activating group) is 1. The van der Waals surface area contributed by atoms with Crippen molar-refractivity contribution in [3.05, 3.63) is 48.2 Å². The van der Waals surface area contributed by atoms with Gasteiger partial charge in [0.15, 0.2) is 0 Å². The average molecular weight is 307 g/mol. The van der Waals surface area contributed by atoms with Crippen LogP contribution in [0.2, 0.25) is 0 Å². The summed E-state index contributed by atoms with van der Waals surface area (Å²) < 4.78 is 1.98. The molecule has 3 atom stereocenters. The lowest BCUT2D eigenvalue weighted by Crippen LogP contribution is -2.48. The van der Waals surface area contributed by atoms with Gasteiger partial charge in [-0.2, -0.15) is 5.10 Å². The van der Waals surface area contributed by atoms with E-state index >= 15 is 0 Å². The first-order valence-electron chi connectivity index (χ1n) is 8.41. The first-order valence-corrected chi connectivity index (χ1v) is 8.41. The summed E-state index contributed by atoms with van der Waals surface area (Å²) in [7, 11) is 2.28. The van der Waals surface area contributed by atoms with Crippen LogP contribution in [-0.2, 0) is 13.0 Å². The number of hydrogen-bond donors (Lipinski definition) is 1. The van der Waals surface area contributed by atoms with Gasteiger partial charge in [0.05, 0.1) is 0 Å². The molecule has 5 rings (SSSR count). The smallest absolute Gasteiger partial charge is 0.137 e. The quantitative estimate of drug-likeness (QED) is 0.791. The maximum atomic E-state index is 4.29. The standard InChI is InChI=1S/C18H21N5/c1-22-8-12(9-23-11-19-10-21-23)5-15-14-3-2-4-16-18(14)13(7-20-16)6-17(15)22/h2-4,7,10-12,15,17,20H,5-6,8-9H2,1H3. The van der Waals surface area contributed by atoms with Gasteiger partial charge < -0.3 is 9.88 Å². The molecule has 3 aromatic rings. The molecule has 23 heavy (non-hydrogen) atoms. The molecule has 2 aliphatic rings. The molecule has 3 unspecified atom stereocenters. The second-order valence-electron chi connectivity index (χ2n) is 7.12. The van der Waals surface area contributed by atoms with Gasteiger partial charge in [0, 0.05) is 42.1 Å². The summed E-state index contributed by atoms with van der Waals surface area (Å²) in [5.74, 6) is 1.24. The van der Waals surface area contributed by atoms with E-state index in [2.05, 4.69) is 51.4 Å². The van der Waals surface area contributed by atoms with Crippen molar-refractivity contribution in [2.75, 3.05) is 13.6 Å². The predicted octanol–water partition coefficient (Wildman–Crippen LogP) is 2.42. The molecule has 0 saturated carbocycles. The van der Waals surface area contributed by atoms with Gasteiger partial charge in [0.25, 0.3) is 0 Å². The first-order chi connectivity index (χ1) is 11.3. The Balaban J connectivity index is 1.52. The van der Waals surface area contributed by atoms with Crippen LogP contribution in [0.5, 0.6) is 0 Å². The van der Waals surface area contributed by atoms with E-state index in [1.165, 1.54) is 28.5 Å². The van der Waals surface area contributed by atoms with E-state index in [4.69, 9.17) is 0 Å². The van der Waals surface area contributed by atoms with Gasteiger partial charge in [-0.1, -0.05) is 12.1 Å². The Hall–Kier alpha value is -2.14. The van der Waals surface area contributed by atoms with E-state index in [1.54, 1.807) is 6.33 Å². The zero-order valence-corrected chi connectivity index (χ0v) is 13.3. The van der Waals surface area contributed by atoms with Crippen molar-refractivity contribution in [1.29, 1.82) is 0 Å². The van der Waals surface area contributed by atoms with Gasteiger partial charge in [-0.05, 0) is 43.0 Å².